The van der Waals surface area contributed by atoms with E-state index in [9.17, 15) is 0 Å². The second-order valence-electron chi connectivity index (χ2n) is 4.89. The normalized spacial score (nSPS) is 17.7. The van der Waals surface area contributed by atoms with Gasteiger partial charge in [-0.25, -0.2) is 0 Å². The molecule has 1 fully saturated rings. The molecule has 2 heterocycles. The van der Waals surface area contributed by atoms with Gasteiger partial charge < -0.3 is 0 Å². The zero-order chi connectivity index (χ0) is 13.0. The van der Waals surface area contributed by atoms with E-state index >= 15 is 0 Å². The molecule has 0 aromatic carbocycles. The molecule has 0 bridgehead atoms. The second-order valence-corrected chi connectivity index (χ2v) is 4.89. The van der Waals surface area contributed by atoms with Gasteiger partial charge in [-0.2, -0.15) is 15.6 Å². The molecular weight excluding hydrogens is 226 g/mol. The van der Waals surface area contributed by atoms with E-state index < -0.39 is 0 Å². The average Bonchev–Trinajstić information content (AvgIpc) is 2.73. The van der Waals surface area contributed by atoms with Crippen LogP contribution in [0, 0.1) is 35.5 Å². The quantitative estimate of drug-likeness (QED) is 0.785. The summed E-state index contributed by atoms with van der Waals surface area (Å²) >= 11 is 0. The maximum Gasteiger partial charge on any atom is 0.0772 e. The van der Waals surface area contributed by atoms with Gasteiger partial charge in [0.25, 0.3) is 0 Å². The number of hydrogen-bond donors (Lipinski definition) is 0. The molecule has 18 heavy (non-hydrogen) atoms. The Hall–Kier alpha value is -1.85. The van der Waals surface area contributed by atoms with E-state index in [1.807, 2.05) is 17.8 Å². The molecular formula is C13H17N5. The lowest BCUT2D eigenvalue weighted by Crippen LogP contribution is -2.49. The Labute approximate surface area is 107 Å². The van der Waals surface area contributed by atoms with Gasteiger partial charge in [-0.1, -0.05) is 0 Å². The number of hydrogen-bond acceptors (Lipinski definition) is 4. The number of likely N-dealkylation sites (tertiary alicyclic amines) is 1. The molecule has 5 nitrogen and oxygen atoms in total. The van der Waals surface area contributed by atoms with Crippen molar-refractivity contribution in [3.63, 3.8) is 0 Å². The lowest BCUT2D eigenvalue weighted by molar-refractivity contribution is 0.0872. The molecule has 0 radical (unpaired) electrons. The highest BCUT2D eigenvalue weighted by Gasteiger charge is 2.30. The number of aromatic nitrogens is 2. The molecule has 1 aliphatic rings. The van der Waals surface area contributed by atoms with Crippen molar-refractivity contribution in [3.05, 3.63) is 18.0 Å². The summed E-state index contributed by atoms with van der Waals surface area (Å²) in [6, 6.07) is 4.81. The lowest BCUT2D eigenvalue weighted by atomic mass is 10.0. The third kappa shape index (κ3) is 2.88. The molecule has 5 heteroatoms. The van der Waals surface area contributed by atoms with Crippen LogP contribution in [0.4, 0.5) is 0 Å². The molecule has 0 saturated carbocycles. The van der Waals surface area contributed by atoms with Crippen LogP contribution < -0.4 is 0 Å². The first kappa shape index (κ1) is 12.6. The van der Waals surface area contributed by atoms with E-state index in [-0.39, 0.29) is 5.92 Å². The van der Waals surface area contributed by atoms with E-state index in [0.717, 1.165) is 19.6 Å². The van der Waals surface area contributed by atoms with Crippen molar-refractivity contribution in [1.29, 1.82) is 10.5 Å². The largest absolute Gasteiger partial charge is 0.298 e. The first-order chi connectivity index (χ1) is 8.72. The van der Waals surface area contributed by atoms with Gasteiger partial charge in [0.15, 0.2) is 0 Å². The van der Waals surface area contributed by atoms with E-state index in [2.05, 4.69) is 28.3 Å². The Morgan fingerprint density at radius 1 is 1.50 bits per heavy atom. The molecule has 1 aromatic heterocycles. The van der Waals surface area contributed by atoms with E-state index in [1.54, 1.807) is 0 Å². The molecule has 0 amide bonds. The monoisotopic (exact) mass is 243 g/mol. The van der Waals surface area contributed by atoms with Crippen molar-refractivity contribution in [1.82, 2.24) is 14.7 Å². The number of rotatable bonds is 5. The van der Waals surface area contributed by atoms with Gasteiger partial charge in [0.2, 0.25) is 0 Å². The molecule has 0 unspecified atom stereocenters. The van der Waals surface area contributed by atoms with Crippen molar-refractivity contribution in [2.75, 3.05) is 19.6 Å². The smallest absolute Gasteiger partial charge is 0.0772 e. The first-order valence-electron chi connectivity index (χ1n) is 6.22. The Morgan fingerprint density at radius 2 is 2.28 bits per heavy atom. The van der Waals surface area contributed by atoms with Crippen LogP contribution >= 0.6 is 0 Å². The van der Waals surface area contributed by atoms with Crippen LogP contribution in [0.2, 0.25) is 0 Å². The van der Waals surface area contributed by atoms with Gasteiger partial charge in [0.05, 0.1) is 30.3 Å². The van der Waals surface area contributed by atoms with Crippen LogP contribution in [0.3, 0.4) is 0 Å². The fourth-order valence-corrected chi connectivity index (χ4v) is 2.24. The van der Waals surface area contributed by atoms with E-state index in [1.165, 1.54) is 5.56 Å². The molecule has 2 rings (SSSR count). The van der Waals surface area contributed by atoms with Crippen LogP contribution in [0.1, 0.15) is 24.4 Å². The van der Waals surface area contributed by atoms with Gasteiger partial charge in [0, 0.05) is 32.3 Å². The minimum Gasteiger partial charge on any atom is -0.298 e. The zero-order valence-electron chi connectivity index (χ0n) is 10.6. The van der Waals surface area contributed by atoms with Crippen LogP contribution in [0.25, 0.3) is 0 Å². The van der Waals surface area contributed by atoms with Gasteiger partial charge in [-0.05, 0) is 18.9 Å². The third-order valence-corrected chi connectivity index (χ3v) is 3.31. The fourth-order valence-electron chi connectivity index (χ4n) is 2.24. The summed E-state index contributed by atoms with van der Waals surface area (Å²) in [6.45, 7) is 4.71. The minimum absolute atomic E-state index is 0.0232. The van der Waals surface area contributed by atoms with E-state index in [4.69, 9.17) is 10.5 Å². The van der Waals surface area contributed by atoms with Crippen LogP contribution in [-0.2, 0) is 0 Å². The summed E-state index contributed by atoms with van der Waals surface area (Å²) in [6.07, 6.45) is 5.07. The molecule has 1 aromatic rings. The summed E-state index contributed by atoms with van der Waals surface area (Å²) in [7, 11) is 0. The number of aryl methyl sites for hydroxylation is 1. The van der Waals surface area contributed by atoms with Gasteiger partial charge in [-0.15, -0.1) is 0 Å². The Kier molecular flexibility index (Phi) is 3.96. The Morgan fingerprint density at radius 3 is 2.83 bits per heavy atom. The van der Waals surface area contributed by atoms with Crippen molar-refractivity contribution in [2.24, 2.45) is 5.92 Å². The molecule has 1 saturated heterocycles. The standard InChI is InChI=1S/C13H17N5/c1-11-6-16-18(7-11)13-9-17(10-13)8-12(5-15)3-2-4-14/h6-7,12-13H,2-3,8-10H2,1H3/t12-/m0/s1. The summed E-state index contributed by atoms with van der Waals surface area (Å²) in [5.41, 5.74) is 1.18. The lowest BCUT2D eigenvalue weighted by Gasteiger charge is -2.40. The average molecular weight is 243 g/mol. The second kappa shape index (κ2) is 5.66. The van der Waals surface area contributed by atoms with Gasteiger partial charge in [0.1, 0.15) is 0 Å². The summed E-state index contributed by atoms with van der Waals surface area (Å²) < 4.78 is 2.00. The fraction of sp³-hybridized carbons (Fsp3) is 0.615. The molecule has 94 valence electrons. The highest BCUT2D eigenvalue weighted by atomic mass is 15.4. The SMILES string of the molecule is Cc1cnn(C2CN(C[C@H](C#N)CCC#N)C2)c1. The van der Waals surface area contributed by atoms with Gasteiger partial charge in [-0.3, -0.25) is 9.58 Å². The first-order valence-corrected chi connectivity index (χ1v) is 6.22. The number of nitriles is 2. The topological polar surface area (TPSA) is 68.6 Å². The molecule has 0 spiro atoms. The zero-order valence-corrected chi connectivity index (χ0v) is 10.6. The predicted octanol–water partition coefficient (Wildman–Crippen LogP) is 1.49. The third-order valence-electron chi connectivity index (χ3n) is 3.31. The maximum absolute atomic E-state index is 9.00. The molecule has 1 atom stereocenters. The maximum atomic E-state index is 9.00. The highest BCUT2D eigenvalue weighted by Crippen LogP contribution is 2.22. The van der Waals surface area contributed by atoms with Crippen molar-refractivity contribution in [3.8, 4) is 12.1 Å². The molecule has 1 aliphatic heterocycles. The van der Waals surface area contributed by atoms with Crippen LogP contribution in [0.5, 0.6) is 0 Å². The Bertz CT molecular complexity index is 472. The molecule has 0 aliphatic carbocycles. The minimum atomic E-state index is -0.0232. The van der Waals surface area contributed by atoms with E-state index in [0.29, 0.717) is 18.9 Å². The highest BCUT2D eigenvalue weighted by molar-refractivity contribution is 5.02. The van der Waals surface area contributed by atoms with Crippen molar-refractivity contribution < 1.29 is 0 Å². The Balaban J connectivity index is 1.76. The summed E-state index contributed by atoms with van der Waals surface area (Å²) in [4.78, 5) is 2.26. The van der Waals surface area contributed by atoms with Crippen molar-refractivity contribution in [2.45, 2.75) is 25.8 Å². The molecule has 0 N–H and O–H groups in total. The van der Waals surface area contributed by atoms with Crippen LogP contribution in [-0.4, -0.2) is 34.3 Å². The summed E-state index contributed by atoms with van der Waals surface area (Å²) in [5, 5.41) is 21.8. The summed E-state index contributed by atoms with van der Waals surface area (Å²) in [5.74, 6) is -0.0232. The predicted molar refractivity (Wildman–Crippen MR) is 66.4 cm³/mol. The van der Waals surface area contributed by atoms with Crippen LogP contribution in [0.15, 0.2) is 12.4 Å². The number of nitrogens with zero attached hydrogens (tertiary/aromatic N) is 5. The van der Waals surface area contributed by atoms with Gasteiger partial charge >= 0.3 is 0 Å². The van der Waals surface area contributed by atoms with Crippen molar-refractivity contribution >= 4 is 0 Å².